The molecule has 0 atom stereocenters. The van der Waals surface area contributed by atoms with Gasteiger partial charge in [0.05, 0.1) is 19.2 Å². The van der Waals surface area contributed by atoms with Crippen molar-refractivity contribution in [3.63, 3.8) is 0 Å². The van der Waals surface area contributed by atoms with E-state index in [0.717, 1.165) is 48.5 Å². The highest BCUT2D eigenvalue weighted by Crippen LogP contribution is 2.26. The number of hydrogen-bond acceptors (Lipinski definition) is 3. The number of ether oxygens (including phenoxy) is 1. The maximum Gasteiger partial charge on any atom is 0.257 e. The molecule has 1 amide bonds. The topological polar surface area (TPSA) is 47.4 Å². The molecule has 150 valence electrons. The molecule has 5 heteroatoms. The second-order valence-electron chi connectivity index (χ2n) is 7.51. The average molecular weight is 389 g/mol. The molecule has 3 aromatic rings. The van der Waals surface area contributed by atoms with Crippen LogP contribution in [0.5, 0.6) is 5.75 Å². The zero-order chi connectivity index (χ0) is 20.1. The zero-order valence-electron chi connectivity index (χ0n) is 16.9. The Morgan fingerprint density at radius 1 is 0.966 bits per heavy atom. The lowest BCUT2D eigenvalue weighted by molar-refractivity contribution is 0.0762. The fourth-order valence-corrected chi connectivity index (χ4v) is 3.84. The maximum atomic E-state index is 13.4. The van der Waals surface area contributed by atoms with Crippen LogP contribution >= 0.6 is 0 Å². The predicted octanol–water partition coefficient (Wildman–Crippen LogP) is 4.62. The Hall–Kier alpha value is -3.08. The van der Waals surface area contributed by atoms with Gasteiger partial charge < -0.3 is 9.64 Å². The number of benzene rings is 2. The van der Waals surface area contributed by atoms with Gasteiger partial charge in [-0.05, 0) is 42.7 Å². The van der Waals surface area contributed by atoms with Crippen molar-refractivity contribution in [2.45, 2.75) is 32.2 Å². The second kappa shape index (κ2) is 8.95. The van der Waals surface area contributed by atoms with E-state index in [1.54, 1.807) is 7.11 Å². The molecule has 1 aliphatic rings. The van der Waals surface area contributed by atoms with E-state index in [4.69, 9.17) is 9.84 Å². The summed E-state index contributed by atoms with van der Waals surface area (Å²) in [6.45, 7) is 2.28. The molecule has 0 N–H and O–H groups in total. The smallest absolute Gasteiger partial charge is 0.257 e. The number of likely N-dealkylation sites (tertiary alicyclic amines) is 1. The molecule has 2 heterocycles. The molecule has 0 unspecified atom stereocenters. The standard InChI is InChI=1S/C24H27N3O2/c1-29-21-13-11-20(12-14-21)23-22(24(28)26-15-7-2-3-8-16-26)18-27(25-23)17-19-9-5-4-6-10-19/h4-6,9-14,18H,2-3,7-8,15-17H2,1H3. The first-order valence-electron chi connectivity index (χ1n) is 10.3. The normalized spacial score (nSPS) is 14.4. The van der Waals surface area contributed by atoms with Crippen LogP contribution in [0.4, 0.5) is 0 Å². The maximum absolute atomic E-state index is 13.4. The van der Waals surface area contributed by atoms with Gasteiger partial charge in [0.25, 0.3) is 5.91 Å². The Morgan fingerprint density at radius 2 is 1.66 bits per heavy atom. The Bertz CT molecular complexity index is 940. The van der Waals surface area contributed by atoms with Gasteiger partial charge in [-0.25, -0.2) is 0 Å². The molecule has 1 fully saturated rings. The first-order chi connectivity index (χ1) is 14.2. The molecule has 2 aromatic carbocycles. The minimum Gasteiger partial charge on any atom is -0.497 e. The summed E-state index contributed by atoms with van der Waals surface area (Å²) in [5, 5.41) is 4.80. The van der Waals surface area contributed by atoms with Crippen molar-refractivity contribution in [1.82, 2.24) is 14.7 Å². The van der Waals surface area contributed by atoms with Gasteiger partial charge in [-0.1, -0.05) is 43.2 Å². The van der Waals surface area contributed by atoms with E-state index in [-0.39, 0.29) is 5.91 Å². The van der Waals surface area contributed by atoms with Gasteiger partial charge in [-0.15, -0.1) is 0 Å². The van der Waals surface area contributed by atoms with Crippen LogP contribution in [0, 0.1) is 0 Å². The third-order valence-electron chi connectivity index (χ3n) is 5.44. The fraction of sp³-hybridized carbons (Fsp3) is 0.333. The number of carbonyl (C=O) groups is 1. The lowest BCUT2D eigenvalue weighted by atomic mass is 10.1. The molecule has 4 rings (SSSR count). The van der Waals surface area contributed by atoms with Gasteiger partial charge in [-0.3, -0.25) is 9.48 Å². The van der Waals surface area contributed by atoms with Crippen molar-refractivity contribution in [3.05, 3.63) is 71.9 Å². The van der Waals surface area contributed by atoms with Gasteiger partial charge in [0.1, 0.15) is 11.4 Å². The summed E-state index contributed by atoms with van der Waals surface area (Å²) in [7, 11) is 1.65. The van der Waals surface area contributed by atoms with Crippen LogP contribution in [0.3, 0.4) is 0 Å². The van der Waals surface area contributed by atoms with Crippen molar-refractivity contribution < 1.29 is 9.53 Å². The second-order valence-corrected chi connectivity index (χ2v) is 7.51. The van der Waals surface area contributed by atoms with Crippen LogP contribution in [0.1, 0.15) is 41.6 Å². The Labute approximate surface area is 171 Å². The summed E-state index contributed by atoms with van der Waals surface area (Å²) in [6.07, 6.45) is 6.44. The summed E-state index contributed by atoms with van der Waals surface area (Å²) in [5.41, 5.74) is 3.49. The van der Waals surface area contributed by atoms with Crippen LogP contribution in [0.25, 0.3) is 11.3 Å². The van der Waals surface area contributed by atoms with Crippen molar-refractivity contribution in [3.8, 4) is 17.0 Å². The summed E-state index contributed by atoms with van der Waals surface area (Å²) < 4.78 is 7.15. The third kappa shape index (κ3) is 4.50. The summed E-state index contributed by atoms with van der Waals surface area (Å²) in [4.78, 5) is 15.4. The number of amides is 1. The van der Waals surface area contributed by atoms with E-state index in [9.17, 15) is 4.79 Å². The number of hydrogen-bond donors (Lipinski definition) is 0. The van der Waals surface area contributed by atoms with E-state index in [0.29, 0.717) is 12.1 Å². The van der Waals surface area contributed by atoms with E-state index in [2.05, 4.69) is 12.1 Å². The Morgan fingerprint density at radius 3 is 2.31 bits per heavy atom. The fourth-order valence-electron chi connectivity index (χ4n) is 3.84. The molecule has 0 bridgehead atoms. The highest BCUT2D eigenvalue weighted by Gasteiger charge is 2.24. The van der Waals surface area contributed by atoms with Crippen LogP contribution in [0.15, 0.2) is 60.8 Å². The quantitative estimate of drug-likeness (QED) is 0.639. The molecular formula is C24H27N3O2. The molecule has 5 nitrogen and oxygen atoms in total. The van der Waals surface area contributed by atoms with Crippen LogP contribution in [-0.2, 0) is 6.54 Å². The minimum atomic E-state index is 0.0806. The first-order valence-corrected chi connectivity index (χ1v) is 10.3. The van der Waals surface area contributed by atoms with Gasteiger partial charge in [-0.2, -0.15) is 5.10 Å². The largest absolute Gasteiger partial charge is 0.497 e. The molecule has 1 saturated heterocycles. The van der Waals surface area contributed by atoms with E-state index in [1.807, 2.05) is 58.2 Å². The predicted molar refractivity (Wildman–Crippen MR) is 114 cm³/mol. The molecule has 0 saturated carbocycles. The molecule has 0 spiro atoms. The van der Waals surface area contributed by atoms with Crippen LogP contribution < -0.4 is 4.74 Å². The van der Waals surface area contributed by atoms with Crippen LogP contribution in [0.2, 0.25) is 0 Å². The minimum absolute atomic E-state index is 0.0806. The highest BCUT2D eigenvalue weighted by molar-refractivity contribution is 5.99. The van der Waals surface area contributed by atoms with E-state index < -0.39 is 0 Å². The highest BCUT2D eigenvalue weighted by atomic mass is 16.5. The monoisotopic (exact) mass is 389 g/mol. The van der Waals surface area contributed by atoms with E-state index in [1.165, 1.54) is 12.8 Å². The van der Waals surface area contributed by atoms with Crippen molar-refractivity contribution in [2.75, 3.05) is 20.2 Å². The van der Waals surface area contributed by atoms with E-state index >= 15 is 0 Å². The van der Waals surface area contributed by atoms with Gasteiger partial charge in [0, 0.05) is 24.8 Å². The number of methoxy groups -OCH3 is 1. The van der Waals surface area contributed by atoms with Gasteiger partial charge in [0.15, 0.2) is 0 Å². The van der Waals surface area contributed by atoms with Crippen LogP contribution in [-0.4, -0.2) is 40.8 Å². The average Bonchev–Trinajstić information content (AvgIpc) is 2.99. The first kappa shape index (κ1) is 19.2. The van der Waals surface area contributed by atoms with Crippen molar-refractivity contribution in [1.29, 1.82) is 0 Å². The summed E-state index contributed by atoms with van der Waals surface area (Å²) in [6, 6.07) is 17.9. The molecule has 29 heavy (non-hydrogen) atoms. The number of carbonyl (C=O) groups excluding carboxylic acids is 1. The van der Waals surface area contributed by atoms with Crippen molar-refractivity contribution in [2.24, 2.45) is 0 Å². The van der Waals surface area contributed by atoms with Gasteiger partial charge >= 0.3 is 0 Å². The number of aromatic nitrogens is 2. The number of nitrogens with zero attached hydrogens (tertiary/aromatic N) is 3. The molecule has 1 aliphatic heterocycles. The lowest BCUT2D eigenvalue weighted by Crippen LogP contribution is -2.31. The molecular weight excluding hydrogens is 362 g/mol. The Balaban J connectivity index is 1.69. The Kier molecular flexibility index (Phi) is 5.94. The number of rotatable bonds is 5. The lowest BCUT2D eigenvalue weighted by Gasteiger charge is -2.20. The molecule has 0 aliphatic carbocycles. The summed E-state index contributed by atoms with van der Waals surface area (Å²) in [5.74, 6) is 0.870. The molecule has 0 radical (unpaired) electrons. The summed E-state index contributed by atoms with van der Waals surface area (Å²) >= 11 is 0. The van der Waals surface area contributed by atoms with Crippen molar-refractivity contribution >= 4 is 5.91 Å². The van der Waals surface area contributed by atoms with Gasteiger partial charge in [0.2, 0.25) is 0 Å². The SMILES string of the molecule is COc1ccc(-c2nn(Cc3ccccc3)cc2C(=O)N2CCCCCC2)cc1. The molecule has 1 aromatic heterocycles. The third-order valence-corrected chi connectivity index (χ3v) is 5.44. The zero-order valence-corrected chi connectivity index (χ0v) is 16.9.